The van der Waals surface area contributed by atoms with Crippen molar-refractivity contribution in [2.45, 2.75) is 24.7 Å². The van der Waals surface area contributed by atoms with Gasteiger partial charge in [0.2, 0.25) is 0 Å². The Balaban J connectivity index is 1.61. The Kier molecular flexibility index (Phi) is 4.47. The van der Waals surface area contributed by atoms with Crippen LogP contribution in [-0.4, -0.2) is 24.0 Å². The molecule has 1 aliphatic rings. The lowest BCUT2D eigenvalue weighted by molar-refractivity contribution is 0.0945. The molecule has 6 heteroatoms. The first-order chi connectivity index (χ1) is 10.6. The van der Waals surface area contributed by atoms with E-state index in [9.17, 15) is 4.79 Å². The summed E-state index contributed by atoms with van der Waals surface area (Å²) in [6.45, 7) is 1.19. The maximum atomic E-state index is 12.2. The molecule has 0 bridgehead atoms. The van der Waals surface area contributed by atoms with Gasteiger partial charge in [0.25, 0.3) is 5.91 Å². The molecule has 1 saturated carbocycles. The Morgan fingerprint density at radius 2 is 2.09 bits per heavy atom. The van der Waals surface area contributed by atoms with Gasteiger partial charge in [0.05, 0.1) is 5.01 Å². The normalized spacial score (nSPS) is 15.5. The van der Waals surface area contributed by atoms with Crippen LogP contribution in [0, 0.1) is 0 Å². The van der Waals surface area contributed by atoms with Gasteiger partial charge in [-0.25, -0.2) is 4.98 Å². The second-order valence-electron chi connectivity index (χ2n) is 5.64. The van der Waals surface area contributed by atoms with E-state index in [4.69, 9.17) is 17.3 Å². The number of thiazole rings is 1. The number of hydrogen-bond donors (Lipinski definition) is 2. The highest BCUT2D eigenvalue weighted by molar-refractivity contribution is 7.09. The highest BCUT2D eigenvalue weighted by atomic mass is 35.5. The topological polar surface area (TPSA) is 68.0 Å². The number of amides is 1. The lowest BCUT2D eigenvalue weighted by Crippen LogP contribution is -2.32. The Hall–Kier alpha value is -1.43. The van der Waals surface area contributed by atoms with Crippen molar-refractivity contribution in [3.05, 3.63) is 50.9 Å². The summed E-state index contributed by atoms with van der Waals surface area (Å²) < 4.78 is 0. The summed E-state index contributed by atoms with van der Waals surface area (Å²) in [7, 11) is 0. The van der Waals surface area contributed by atoms with Crippen molar-refractivity contribution in [3.63, 3.8) is 0 Å². The SMILES string of the molecule is NCCc1nc(C(=O)NCC2(c3ccc(Cl)cc3)CC2)cs1. The molecule has 1 fully saturated rings. The molecule has 1 amide bonds. The summed E-state index contributed by atoms with van der Waals surface area (Å²) >= 11 is 7.41. The summed E-state index contributed by atoms with van der Waals surface area (Å²) in [5, 5.41) is 6.45. The lowest BCUT2D eigenvalue weighted by Gasteiger charge is -2.16. The van der Waals surface area contributed by atoms with Gasteiger partial charge >= 0.3 is 0 Å². The molecule has 0 spiro atoms. The molecule has 0 aliphatic heterocycles. The molecule has 3 rings (SSSR count). The molecule has 1 aliphatic carbocycles. The van der Waals surface area contributed by atoms with E-state index in [1.165, 1.54) is 16.9 Å². The molecule has 22 heavy (non-hydrogen) atoms. The number of carbonyl (C=O) groups is 1. The third kappa shape index (κ3) is 3.32. The highest BCUT2D eigenvalue weighted by Crippen LogP contribution is 2.47. The van der Waals surface area contributed by atoms with Crippen LogP contribution in [0.5, 0.6) is 0 Å². The van der Waals surface area contributed by atoms with Crippen molar-refractivity contribution in [1.29, 1.82) is 0 Å². The van der Waals surface area contributed by atoms with E-state index in [1.54, 1.807) is 5.38 Å². The first-order valence-corrected chi connectivity index (χ1v) is 8.57. The fraction of sp³-hybridized carbons (Fsp3) is 0.375. The number of carbonyl (C=O) groups excluding carboxylic acids is 1. The molecule has 0 atom stereocenters. The zero-order valence-electron chi connectivity index (χ0n) is 12.1. The fourth-order valence-corrected chi connectivity index (χ4v) is 3.44. The number of aromatic nitrogens is 1. The monoisotopic (exact) mass is 335 g/mol. The Morgan fingerprint density at radius 1 is 1.36 bits per heavy atom. The summed E-state index contributed by atoms with van der Waals surface area (Å²) in [5.41, 5.74) is 7.29. The van der Waals surface area contributed by atoms with E-state index in [2.05, 4.69) is 10.3 Å². The number of halogens is 1. The quantitative estimate of drug-likeness (QED) is 0.853. The Morgan fingerprint density at radius 3 is 2.73 bits per heavy atom. The zero-order valence-corrected chi connectivity index (χ0v) is 13.7. The number of benzene rings is 1. The van der Waals surface area contributed by atoms with Gasteiger partial charge in [0.1, 0.15) is 5.69 Å². The van der Waals surface area contributed by atoms with Gasteiger partial charge in [-0.3, -0.25) is 4.79 Å². The van der Waals surface area contributed by atoms with E-state index in [0.29, 0.717) is 25.2 Å². The van der Waals surface area contributed by atoms with Gasteiger partial charge in [-0.1, -0.05) is 23.7 Å². The minimum Gasteiger partial charge on any atom is -0.350 e. The number of nitrogens with two attached hydrogens (primary N) is 1. The van der Waals surface area contributed by atoms with E-state index in [1.807, 2.05) is 24.3 Å². The van der Waals surface area contributed by atoms with Crippen molar-refractivity contribution >= 4 is 28.8 Å². The van der Waals surface area contributed by atoms with Gasteiger partial charge in [-0.2, -0.15) is 0 Å². The average Bonchev–Trinajstić information content (AvgIpc) is 3.17. The fourth-order valence-electron chi connectivity index (χ4n) is 2.52. The van der Waals surface area contributed by atoms with Crippen molar-refractivity contribution < 1.29 is 4.79 Å². The molecule has 1 aromatic carbocycles. The van der Waals surface area contributed by atoms with Crippen LogP contribution in [0.3, 0.4) is 0 Å². The first-order valence-electron chi connectivity index (χ1n) is 7.32. The molecule has 4 nitrogen and oxygen atoms in total. The third-order valence-electron chi connectivity index (χ3n) is 4.04. The van der Waals surface area contributed by atoms with E-state index in [0.717, 1.165) is 22.9 Å². The molecule has 116 valence electrons. The average molecular weight is 336 g/mol. The zero-order chi connectivity index (χ0) is 15.6. The number of nitrogens with zero attached hydrogens (tertiary/aromatic N) is 1. The van der Waals surface area contributed by atoms with Crippen LogP contribution < -0.4 is 11.1 Å². The van der Waals surface area contributed by atoms with Gasteiger partial charge in [-0.05, 0) is 37.1 Å². The van der Waals surface area contributed by atoms with Crippen molar-refractivity contribution in [2.75, 3.05) is 13.1 Å². The van der Waals surface area contributed by atoms with E-state index < -0.39 is 0 Å². The predicted octanol–water partition coefficient (Wildman–Crippen LogP) is 2.76. The second kappa shape index (κ2) is 6.36. The maximum absolute atomic E-state index is 12.2. The Bertz CT molecular complexity index is 664. The van der Waals surface area contributed by atoms with Gasteiger partial charge in [0.15, 0.2) is 0 Å². The van der Waals surface area contributed by atoms with Crippen LogP contribution in [0.4, 0.5) is 0 Å². The van der Waals surface area contributed by atoms with Crippen molar-refractivity contribution in [1.82, 2.24) is 10.3 Å². The Labute approximate surface area is 138 Å². The van der Waals surface area contributed by atoms with Crippen LogP contribution in [-0.2, 0) is 11.8 Å². The van der Waals surface area contributed by atoms with Crippen LogP contribution in [0.1, 0.15) is 33.9 Å². The molecule has 2 aromatic rings. The van der Waals surface area contributed by atoms with Crippen LogP contribution in [0.25, 0.3) is 0 Å². The maximum Gasteiger partial charge on any atom is 0.270 e. The minimum atomic E-state index is -0.111. The molecule has 1 heterocycles. The molecule has 0 radical (unpaired) electrons. The van der Waals surface area contributed by atoms with Gasteiger partial charge in [-0.15, -0.1) is 11.3 Å². The van der Waals surface area contributed by atoms with E-state index >= 15 is 0 Å². The number of nitrogens with one attached hydrogen (secondary N) is 1. The summed E-state index contributed by atoms with van der Waals surface area (Å²) in [6, 6.07) is 7.89. The van der Waals surface area contributed by atoms with Gasteiger partial charge < -0.3 is 11.1 Å². The van der Waals surface area contributed by atoms with Crippen molar-refractivity contribution in [3.8, 4) is 0 Å². The molecule has 0 unspecified atom stereocenters. The van der Waals surface area contributed by atoms with Gasteiger partial charge in [0, 0.05) is 28.8 Å². The summed E-state index contributed by atoms with van der Waals surface area (Å²) in [5.74, 6) is -0.111. The summed E-state index contributed by atoms with van der Waals surface area (Å²) in [4.78, 5) is 16.5. The largest absolute Gasteiger partial charge is 0.350 e. The highest BCUT2D eigenvalue weighted by Gasteiger charge is 2.44. The number of hydrogen-bond acceptors (Lipinski definition) is 4. The second-order valence-corrected chi connectivity index (χ2v) is 7.01. The smallest absolute Gasteiger partial charge is 0.270 e. The first kappa shape index (κ1) is 15.5. The van der Waals surface area contributed by atoms with Crippen molar-refractivity contribution in [2.24, 2.45) is 5.73 Å². The molecular formula is C16H18ClN3OS. The predicted molar refractivity (Wildman–Crippen MR) is 89.6 cm³/mol. The standard InChI is InChI=1S/C16H18ClN3OS/c17-12-3-1-11(2-4-12)16(6-7-16)10-19-15(21)13-9-22-14(20-13)5-8-18/h1-4,9H,5-8,10,18H2,(H,19,21). The number of rotatable bonds is 6. The summed E-state index contributed by atoms with van der Waals surface area (Å²) in [6.07, 6.45) is 2.89. The lowest BCUT2D eigenvalue weighted by atomic mass is 9.96. The van der Waals surface area contributed by atoms with Crippen LogP contribution in [0.15, 0.2) is 29.6 Å². The molecule has 1 aromatic heterocycles. The van der Waals surface area contributed by atoms with Crippen LogP contribution >= 0.6 is 22.9 Å². The third-order valence-corrected chi connectivity index (χ3v) is 5.20. The van der Waals surface area contributed by atoms with Crippen LogP contribution in [0.2, 0.25) is 5.02 Å². The molecule has 0 saturated heterocycles. The molecule has 3 N–H and O–H groups in total. The van der Waals surface area contributed by atoms with E-state index in [-0.39, 0.29) is 11.3 Å². The minimum absolute atomic E-state index is 0.0658. The molecular weight excluding hydrogens is 318 g/mol.